The third kappa shape index (κ3) is 4.86. The van der Waals surface area contributed by atoms with Gasteiger partial charge in [0.25, 0.3) is 5.91 Å². The Hall–Kier alpha value is -0.760. The van der Waals surface area contributed by atoms with E-state index in [1.165, 1.54) is 11.3 Å². The number of hydrogen-bond acceptors (Lipinski definition) is 5. The molecule has 0 bridgehead atoms. The van der Waals surface area contributed by atoms with Gasteiger partial charge in [0.2, 0.25) is 5.91 Å². The van der Waals surface area contributed by atoms with E-state index in [0.29, 0.717) is 38.6 Å². The molecule has 1 atom stereocenters. The van der Waals surface area contributed by atoms with Gasteiger partial charge in [0.05, 0.1) is 4.88 Å². The Bertz CT molecular complexity index is 513. The van der Waals surface area contributed by atoms with E-state index in [4.69, 9.17) is 0 Å². The first kappa shape index (κ1) is 18.6. The van der Waals surface area contributed by atoms with Gasteiger partial charge in [-0.15, -0.1) is 23.7 Å². The normalized spacial score (nSPS) is 21.7. The van der Waals surface area contributed by atoms with Crippen molar-refractivity contribution in [3.63, 3.8) is 0 Å². The number of thioether (sulfide) groups is 1. The summed E-state index contributed by atoms with van der Waals surface area (Å²) >= 11 is 3.38. The van der Waals surface area contributed by atoms with Crippen LogP contribution in [-0.2, 0) is 4.79 Å². The van der Waals surface area contributed by atoms with Crippen molar-refractivity contribution < 1.29 is 9.59 Å². The van der Waals surface area contributed by atoms with Crippen molar-refractivity contribution in [3.05, 3.63) is 22.4 Å². The molecule has 1 N–H and O–H groups in total. The van der Waals surface area contributed by atoms with Gasteiger partial charge >= 0.3 is 0 Å². The molecule has 0 aromatic carbocycles. The molecular formula is C15H22ClN3O2S2. The summed E-state index contributed by atoms with van der Waals surface area (Å²) in [6.07, 6.45) is 0.575. The summed E-state index contributed by atoms with van der Waals surface area (Å²) in [5.41, 5.74) is 0. The highest BCUT2D eigenvalue weighted by Crippen LogP contribution is 2.15. The average Bonchev–Trinajstić information content (AvgIpc) is 3.10. The number of thiophene rings is 1. The Morgan fingerprint density at radius 3 is 2.57 bits per heavy atom. The molecule has 2 aliphatic heterocycles. The maximum Gasteiger partial charge on any atom is 0.264 e. The molecule has 5 nitrogen and oxygen atoms in total. The van der Waals surface area contributed by atoms with E-state index in [2.05, 4.69) is 5.32 Å². The van der Waals surface area contributed by atoms with Crippen LogP contribution in [0.1, 0.15) is 16.1 Å². The first-order valence-corrected chi connectivity index (χ1v) is 9.69. The number of nitrogens with zero attached hydrogens (tertiary/aromatic N) is 2. The molecule has 3 rings (SSSR count). The SMILES string of the molecule is Cl.O=C(CC1CSCCN1)N1CCN(C(=O)c2cccs2)CC1. The Morgan fingerprint density at radius 2 is 1.96 bits per heavy atom. The van der Waals surface area contributed by atoms with Gasteiger partial charge in [-0.05, 0) is 11.4 Å². The highest BCUT2D eigenvalue weighted by Gasteiger charge is 2.27. The zero-order valence-electron chi connectivity index (χ0n) is 12.9. The van der Waals surface area contributed by atoms with Crippen LogP contribution in [0.2, 0.25) is 0 Å². The first-order valence-electron chi connectivity index (χ1n) is 7.66. The standard InChI is InChI=1S/C15H21N3O2S2.ClH/c19-14(10-12-11-21-9-3-16-12)17-4-6-18(7-5-17)15(20)13-2-1-8-22-13;/h1-2,8,12,16H,3-7,9-11H2;1H. The average molecular weight is 376 g/mol. The van der Waals surface area contributed by atoms with Crippen molar-refractivity contribution in [1.82, 2.24) is 15.1 Å². The summed E-state index contributed by atoms with van der Waals surface area (Å²) in [6, 6.07) is 4.06. The Balaban J connectivity index is 0.00000192. The molecule has 2 aliphatic rings. The smallest absolute Gasteiger partial charge is 0.264 e. The number of halogens is 1. The van der Waals surface area contributed by atoms with E-state index < -0.39 is 0 Å². The van der Waals surface area contributed by atoms with Crippen molar-refractivity contribution in [3.8, 4) is 0 Å². The maximum absolute atomic E-state index is 12.3. The molecule has 0 aliphatic carbocycles. The summed E-state index contributed by atoms with van der Waals surface area (Å²) in [7, 11) is 0. The van der Waals surface area contributed by atoms with E-state index in [1.54, 1.807) is 0 Å². The fraction of sp³-hybridized carbons (Fsp3) is 0.600. The molecule has 1 aromatic heterocycles. The summed E-state index contributed by atoms with van der Waals surface area (Å²) in [6.45, 7) is 3.56. The van der Waals surface area contributed by atoms with Crippen molar-refractivity contribution >= 4 is 47.3 Å². The van der Waals surface area contributed by atoms with Crippen molar-refractivity contribution in [1.29, 1.82) is 0 Å². The molecule has 23 heavy (non-hydrogen) atoms. The van der Waals surface area contributed by atoms with Crippen molar-refractivity contribution in [2.45, 2.75) is 12.5 Å². The van der Waals surface area contributed by atoms with E-state index in [-0.39, 0.29) is 24.2 Å². The van der Waals surface area contributed by atoms with Gasteiger partial charge in [-0.2, -0.15) is 11.8 Å². The quantitative estimate of drug-likeness (QED) is 0.870. The predicted octanol–water partition coefficient (Wildman–Crippen LogP) is 1.55. The minimum absolute atomic E-state index is 0. The van der Waals surface area contributed by atoms with Crippen LogP contribution in [0.5, 0.6) is 0 Å². The molecule has 0 radical (unpaired) electrons. The van der Waals surface area contributed by atoms with E-state index >= 15 is 0 Å². The summed E-state index contributed by atoms with van der Waals surface area (Å²) in [4.78, 5) is 29.2. The lowest BCUT2D eigenvalue weighted by atomic mass is 10.2. The molecule has 1 unspecified atom stereocenters. The maximum atomic E-state index is 12.3. The molecule has 2 amide bonds. The molecule has 2 saturated heterocycles. The number of amides is 2. The van der Waals surface area contributed by atoms with Crippen molar-refractivity contribution in [2.75, 3.05) is 44.2 Å². The molecular weight excluding hydrogens is 354 g/mol. The van der Waals surface area contributed by atoms with E-state index in [9.17, 15) is 9.59 Å². The van der Waals surface area contributed by atoms with Gasteiger partial charge in [0.15, 0.2) is 0 Å². The predicted molar refractivity (Wildman–Crippen MR) is 97.8 cm³/mol. The highest BCUT2D eigenvalue weighted by atomic mass is 35.5. The summed E-state index contributed by atoms with van der Waals surface area (Å²) in [5.74, 6) is 2.45. The van der Waals surface area contributed by atoms with Gasteiger partial charge in [0.1, 0.15) is 0 Å². The second kappa shape index (κ2) is 8.92. The molecule has 0 spiro atoms. The van der Waals surface area contributed by atoms with Gasteiger partial charge in [-0.1, -0.05) is 6.07 Å². The fourth-order valence-electron chi connectivity index (χ4n) is 2.81. The number of hydrogen-bond donors (Lipinski definition) is 1. The second-order valence-electron chi connectivity index (χ2n) is 5.58. The Morgan fingerprint density at radius 1 is 1.22 bits per heavy atom. The molecule has 0 saturated carbocycles. The fourth-order valence-corrected chi connectivity index (χ4v) is 4.45. The topological polar surface area (TPSA) is 52.7 Å². The number of rotatable bonds is 3. The lowest BCUT2D eigenvalue weighted by Crippen LogP contribution is -2.52. The Labute approximate surface area is 151 Å². The molecule has 2 fully saturated rings. The minimum Gasteiger partial charge on any atom is -0.339 e. The third-order valence-corrected chi connectivity index (χ3v) is 6.06. The third-order valence-electron chi connectivity index (χ3n) is 4.07. The van der Waals surface area contributed by atoms with Gasteiger partial charge < -0.3 is 15.1 Å². The number of nitrogens with one attached hydrogen (secondary N) is 1. The molecule has 8 heteroatoms. The number of piperazine rings is 1. The number of carbonyl (C=O) groups excluding carboxylic acids is 2. The zero-order chi connectivity index (χ0) is 15.4. The van der Waals surface area contributed by atoms with Gasteiger partial charge in [0, 0.05) is 56.7 Å². The van der Waals surface area contributed by atoms with Crippen LogP contribution in [0.15, 0.2) is 17.5 Å². The summed E-state index contributed by atoms with van der Waals surface area (Å²) in [5, 5.41) is 5.32. The van der Waals surface area contributed by atoms with Crippen LogP contribution in [0.25, 0.3) is 0 Å². The van der Waals surface area contributed by atoms with Crippen molar-refractivity contribution in [2.24, 2.45) is 0 Å². The summed E-state index contributed by atoms with van der Waals surface area (Å²) < 4.78 is 0. The lowest BCUT2D eigenvalue weighted by molar-refractivity contribution is -0.133. The lowest BCUT2D eigenvalue weighted by Gasteiger charge is -2.35. The molecule has 3 heterocycles. The van der Waals surface area contributed by atoms with Gasteiger partial charge in [-0.25, -0.2) is 0 Å². The minimum atomic E-state index is 0. The highest BCUT2D eigenvalue weighted by molar-refractivity contribution is 7.99. The zero-order valence-corrected chi connectivity index (χ0v) is 15.4. The van der Waals surface area contributed by atoms with Crippen LogP contribution in [0.3, 0.4) is 0 Å². The van der Waals surface area contributed by atoms with E-state index in [1.807, 2.05) is 39.1 Å². The van der Waals surface area contributed by atoms with Crippen LogP contribution in [0, 0.1) is 0 Å². The second-order valence-corrected chi connectivity index (χ2v) is 7.68. The van der Waals surface area contributed by atoms with Crippen LogP contribution in [-0.4, -0.2) is 71.9 Å². The molecule has 1 aromatic rings. The van der Waals surface area contributed by atoms with Crippen LogP contribution < -0.4 is 5.32 Å². The van der Waals surface area contributed by atoms with Crippen LogP contribution in [0.4, 0.5) is 0 Å². The molecule has 128 valence electrons. The largest absolute Gasteiger partial charge is 0.339 e. The van der Waals surface area contributed by atoms with Crippen LogP contribution >= 0.6 is 35.5 Å². The first-order chi connectivity index (χ1) is 10.7. The number of carbonyl (C=O) groups is 2. The van der Waals surface area contributed by atoms with E-state index in [0.717, 1.165) is 22.9 Å². The monoisotopic (exact) mass is 375 g/mol. The Kier molecular flexibility index (Phi) is 7.20. The van der Waals surface area contributed by atoms with Gasteiger partial charge in [-0.3, -0.25) is 9.59 Å².